The Kier molecular flexibility index (Phi) is 5.48. The third-order valence-electron chi connectivity index (χ3n) is 3.63. The summed E-state index contributed by atoms with van der Waals surface area (Å²) >= 11 is 12.0. The Balaban J connectivity index is 2.31. The molecule has 27 heavy (non-hydrogen) atoms. The molecule has 0 saturated heterocycles. The molecule has 9 heteroatoms. The maximum Gasteiger partial charge on any atom is 0.277 e. The van der Waals surface area contributed by atoms with Crippen molar-refractivity contribution in [1.29, 1.82) is 0 Å². The predicted molar refractivity (Wildman–Crippen MR) is 106 cm³/mol. The minimum absolute atomic E-state index is 0.110. The lowest BCUT2D eigenvalue weighted by Crippen LogP contribution is -2.37. The molecular formula is C18H13Cl2NO4S2. The summed E-state index contributed by atoms with van der Waals surface area (Å²) in [6.45, 7) is 0. The van der Waals surface area contributed by atoms with E-state index in [4.69, 9.17) is 23.2 Å². The molecule has 0 spiro atoms. The summed E-state index contributed by atoms with van der Waals surface area (Å²) < 4.78 is 53.3. The Hall–Kier alpha value is -2.06. The van der Waals surface area contributed by atoms with Crippen LogP contribution in [0.5, 0.6) is 0 Å². The van der Waals surface area contributed by atoms with Crippen molar-refractivity contribution in [3.8, 4) is 0 Å². The Labute approximate surface area is 167 Å². The van der Waals surface area contributed by atoms with Gasteiger partial charge in [0, 0.05) is 5.02 Å². The average Bonchev–Trinajstić information content (AvgIpc) is 2.65. The van der Waals surface area contributed by atoms with E-state index in [1.165, 1.54) is 66.7 Å². The molecule has 0 N–H and O–H groups in total. The Bertz CT molecular complexity index is 1100. The standard InChI is InChI=1S/C18H13Cl2NO4S2/c19-14-11-12-18(17(20)13-14)21(26(22,23)15-7-3-1-4-8-15)27(24,25)16-9-5-2-6-10-16/h1-13H. The largest absolute Gasteiger partial charge is 0.277 e. The van der Waals surface area contributed by atoms with E-state index in [-0.39, 0.29) is 25.5 Å². The van der Waals surface area contributed by atoms with Crippen molar-refractivity contribution in [3.63, 3.8) is 0 Å². The Morgan fingerprint density at radius 2 is 1.07 bits per heavy atom. The summed E-state index contributed by atoms with van der Waals surface area (Å²) in [6, 6.07) is 18.4. The number of nitrogens with zero attached hydrogens (tertiary/aromatic N) is 1. The van der Waals surface area contributed by atoms with Gasteiger partial charge < -0.3 is 0 Å². The third kappa shape index (κ3) is 3.82. The molecule has 0 aliphatic carbocycles. The van der Waals surface area contributed by atoms with Gasteiger partial charge in [0.2, 0.25) is 0 Å². The van der Waals surface area contributed by atoms with Crippen molar-refractivity contribution in [2.75, 3.05) is 3.71 Å². The molecule has 0 atom stereocenters. The summed E-state index contributed by atoms with van der Waals surface area (Å²) in [5.41, 5.74) is -0.214. The highest BCUT2D eigenvalue weighted by Gasteiger charge is 2.38. The second-order valence-corrected chi connectivity index (χ2v) is 10.1. The van der Waals surface area contributed by atoms with Gasteiger partial charge in [-0.3, -0.25) is 0 Å². The van der Waals surface area contributed by atoms with Crippen molar-refractivity contribution in [3.05, 3.63) is 88.9 Å². The van der Waals surface area contributed by atoms with Crippen LogP contribution < -0.4 is 3.71 Å². The molecular weight excluding hydrogens is 429 g/mol. The highest BCUT2D eigenvalue weighted by Crippen LogP contribution is 2.36. The zero-order valence-electron chi connectivity index (χ0n) is 13.7. The lowest BCUT2D eigenvalue weighted by Gasteiger charge is -2.25. The molecule has 0 aliphatic heterocycles. The number of rotatable bonds is 5. The van der Waals surface area contributed by atoms with Crippen molar-refractivity contribution in [2.45, 2.75) is 9.79 Å². The number of anilines is 1. The first-order chi connectivity index (χ1) is 12.7. The lowest BCUT2D eigenvalue weighted by atomic mass is 10.3. The Morgan fingerprint density at radius 1 is 0.630 bits per heavy atom. The van der Waals surface area contributed by atoms with Crippen molar-refractivity contribution in [1.82, 2.24) is 0 Å². The summed E-state index contributed by atoms with van der Waals surface area (Å²) in [5, 5.41) is 0.138. The van der Waals surface area contributed by atoms with Crippen LogP contribution in [-0.4, -0.2) is 16.8 Å². The van der Waals surface area contributed by atoms with Gasteiger partial charge in [0.25, 0.3) is 20.0 Å². The third-order valence-corrected chi connectivity index (χ3v) is 8.34. The molecule has 3 aromatic rings. The van der Waals surface area contributed by atoms with Crippen molar-refractivity contribution >= 4 is 48.9 Å². The van der Waals surface area contributed by atoms with Crippen LogP contribution in [0.1, 0.15) is 0 Å². The zero-order chi connectivity index (χ0) is 19.7. The van der Waals surface area contributed by atoms with Crippen molar-refractivity contribution < 1.29 is 16.8 Å². The van der Waals surface area contributed by atoms with Gasteiger partial charge in [0.15, 0.2) is 0 Å². The molecule has 5 nitrogen and oxygen atoms in total. The molecule has 140 valence electrons. The highest BCUT2D eigenvalue weighted by molar-refractivity contribution is 8.10. The summed E-state index contributed by atoms with van der Waals surface area (Å²) in [4.78, 5) is -0.369. The first-order valence-electron chi connectivity index (χ1n) is 7.60. The summed E-state index contributed by atoms with van der Waals surface area (Å²) in [5.74, 6) is 0. The minimum atomic E-state index is -4.48. The van der Waals surface area contributed by atoms with Crippen LogP contribution in [0.3, 0.4) is 0 Å². The molecule has 0 unspecified atom stereocenters. The van der Waals surface area contributed by atoms with Crippen LogP contribution in [0.25, 0.3) is 0 Å². The minimum Gasteiger partial charge on any atom is -0.200 e. The topological polar surface area (TPSA) is 71.5 Å². The second kappa shape index (κ2) is 7.52. The first-order valence-corrected chi connectivity index (χ1v) is 11.2. The molecule has 3 rings (SSSR count). The van der Waals surface area contributed by atoms with E-state index in [1.807, 2.05) is 0 Å². The van der Waals surface area contributed by atoms with Crippen molar-refractivity contribution in [2.24, 2.45) is 0 Å². The molecule has 0 radical (unpaired) electrons. The van der Waals surface area contributed by atoms with Gasteiger partial charge >= 0.3 is 0 Å². The molecule has 0 saturated carbocycles. The van der Waals surface area contributed by atoms with Gasteiger partial charge in [0.05, 0.1) is 20.5 Å². The number of benzene rings is 3. The van der Waals surface area contributed by atoms with Gasteiger partial charge in [-0.1, -0.05) is 59.6 Å². The Morgan fingerprint density at radius 3 is 1.48 bits per heavy atom. The van der Waals surface area contributed by atoms with Gasteiger partial charge in [-0.25, -0.2) is 16.8 Å². The quantitative estimate of drug-likeness (QED) is 0.580. The molecule has 0 bridgehead atoms. The fourth-order valence-corrected chi connectivity index (χ4v) is 6.76. The second-order valence-electron chi connectivity index (χ2n) is 5.43. The van der Waals surface area contributed by atoms with Gasteiger partial charge in [-0.2, -0.15) is 3.71 Å². The molecule has 0 heterocycles. The van der Waals surface area contributed by atoms with E-state index < -0.39 is 20.0 Å². The maximum atomic E-state index is 13.2. The van der Waals surface area contributed by atoms with Crippen LogP contribution in [0.15, 0.2) is 88.7 Å². The van der Waals surface area contributed by atoms with Gasteiger partial charge in [-0.15, -0.1) is 0 Å². The smallest absolute Gasteiger partial charge is 0.200 e. The van der Waals surface area contributed by atoms with Crippen LogP contribution >= 0.6 is 23.2 Å². The first kappa shape index (κ1) is 19.7. The molecule has 0 amide bonds. The van der Waals surface area contributed by atoms with Crippen LogP contribution in [0.2, 0.25) is 10.0 Å². The molecule has 0 fully saturated rings. The SMILES string of the molecule is O=S(=O)(c1ccccc1)N(c1ccc(Cl)cc1Cl)S(=O)(=O)c1ccccc1. The monoisotopic (exact) mass is 441 g/mol. The van der Waals surface area contributed by atoms with Crippen LogP contribution in [0.4, 0.5) is 5.69 Å². The van der Waals surface area contributed by atoms with Crippen LogP contribution in [-0.2, 0) is 20.0 Å². The predicted octanol–water partition coefficient (Wildman–Crippen LogP) is 4.58. The van der Waals surface area contributed by atoms with E-state index in [0.29, 0.717) is 3.71 Å². The van der Waals surface area contributed by atoms with Gasteiger partial charge in [-0.05, 0) is 42.5 Å². The normalized spacial score (nSPS) is 11.9. The number of halogens is 2. The number of hydrogen-bond donors (Lipinski definition) is 0. The summed E-state index contributed by atoms with van der Waals surface area (Å²) in [7, 11) is -8.95. The molecule has 3 aromatic carbocycles. The summed E-state index contributed by atoms with van der Waals surface area (Å²) in [6.07, 6.45) is 0. The van der Waals surface area contributed by atoms with E-state index in [9.17, 15) is 16.8 Å². The van der Waals surface area contributed by atoms with E-state index >= 15 is 0 Å². The van der Waals surface area contributed by atoms with Crippen LogP contribution in [0, 0.1) is 0 Å². The highest BCUT2D eigenvalue weighted by atomic mass is 35.5. The van der Waals surface area contributed by atoms with E-state index in [2.05, 4.69) is 0 Å². The number of hydrogen-bond acceptors (Lipinski definition) is 4. The fourth-order valence-electron chi connectivity index (χ4n) is 2.39. The average molecular weight is 442 g/mol. The van der Waals surface area contributed by atoms with Gasteiger partial charge in [0.1, 0.15) is 0 Å². The zero-order valence-corrected chi connectivity index (χ0v) is 16.8. The van der Waals surface area contributed by atoms with E-state index in [1.54, 1.807) is 12.1 Å². The van der Waals surface area contributed by atoms with E-state index in [0.717, 1.165) is 0 Å². The number of sulfonamides is 2. The lowest BCUT2D eigenvalue weighted by molar-refractivity contribution is 0.584. The molecule has 0 aromatic heterocycles. The maximum absolute atomic E-state index is 13.2. The fraction of sp³-hybridized carbons (Fsp3) is 0. The molecule has 0 aliphatic rings.